The molecular formula is C16H24N2O2. The van der Waals surface area contributed by atoms with Crippen LogP contribution in [0, 0.1) is 0 Å². The smallest absolute Gasteiger partial charge is 0.236 e. The monoisotopic (exact) mass is 276 g/mol. The van der Waals surface area contributed by atoms with Gasteiger partial charge in [0.2, 0.25) is 5.91 Å². The van der Waals surface area contributed by atoms with Gasteiger partial charge in [0.15, 0.2) is 0 Å². The topological polar surface area (TPSA) is 36.7 Å². The van der Waals surface area contributed by atoms with Gasteiger partial charge >= 0.3 is 0 Å². The number of rotatable bonds is 5. The Morgan fingerprint density at radius 1 is 1.25 bits per heavy atom. The summed E-state index contributed by atoms with van der Waals surface area (Å²) < 4.78 is 5.46. The van der Waals surface area contributed by atoms with E-state index in [2.05, 4.69) is 4.90 Å². The number of hydrogen-bond donors (Lipinski definition) is 0. The molecule has 2 aliphatic rings. The summed E-state index contributed by atoms with van der Waals surface area (Å²) in [5.74, 6) is 1.26. The standard InChI is InChI=1S/C16H24N2O2/c19-16(17-9-3-4-10-17)13-18(14-6-1-2-7-14)12-15-8-5-11-20-15/h5,8,11,14H,1-4,6-7,9-10,12-13H2. The van der Waals surface area contributed by atoms with Crippen LogP contribution in [0.1, 0.15) is 44.3 Å². The van der Waals surface area contributed by atoms with Crippen molar-refractivity contribution in [1.82, 2.24) is 9.80 Å². The van der Waals surface area contributed by atoms with E-state index in [1.807, 2.05) is 17.0 Å². The summed E-state index contributed by atoms with van der Waals surface area (Å²) in [7, 11) is 0. The second kappa shape index (κ2) is 6.44. The van der Waals surface area contributed by atoms with Crippen molar-refractivity contribution in [3.63, 3.8) is 0 Å². The maximum atomic E-state index is 12.4. The lowest BCUT2D eigenvalue weighted by Crippen LogP contribution is -2.42. The van der Waals surface area contributed by atoms with Crippen LogP contribution in [-0.2, 0) is 11.3 Å². The largest absolute Gasteiger partial charge is 0.468 e. The fourth-order valence-corrected chi connectivity index (χ4v) is 3.43. The number of furan rings is 1. The second-order valence-corrected chi connectivity index (χ2v) is 6.01. The first kappa shape index (κ1) is 13.7. The summed E-state index contributed by atoms with van der Waals surface area (Å²) in [4.78, 5) is 16.7. The summed E-state index contributed by atoms with van der Waals surface area (Å²) in [6.45, 7) is 3.19. The molecule has 20 heavy (non-hydrogen) atoms. The molecule has 0 N–H and O–H groups in total. The molecule has 0 aromatic carbocycles. The molecule has 1 amide bonds. The van der Waals surface area contributed by atoms with Gasteiger partial charge < -0.3 is 9.32 Å². The Hall–Kier alpha value is -1.29. The van der Waals surface area contributed by atoms with Gasteiger partial charge in [-0.15, -0.1) is 0 Å². The van der Waals surface area contributed by atoms with E-state index in [-0.39, 0.29) is 0 Å². The first-order valence-electron chi connectivity index (χ1n) is 7.87. The van der Waals surface area contributed by atoms with Crippen molar-refractivity contribution in [3.05, 3.63) is 24.2 Å². The van der Waals surface area contributed by atoms with Gasteiger partial charge in [-0.2, -0.15) is 0 Å². The SMILES string of the molecule is O=C(CN(Cc1ccco1)C1CCCC1)N1CCCC1. The van der Waals surface area contributed by atoms with E-state index >= 15 is 0 Å². The quantitative estimate of drug-likeness (QED) is 0.829. The third kappa shape index (κ3) is 3.23. The summed E-state index contributed by atoms with van der Waals surface area (Å²) in [6, 6.07) is 4.47. The van der Waals surface area contributed by atoms with E-state index in [4.69, 9.17) is 4.42 Å². The van der Waals surface area contributed by atoms with Crippen LogP contribution < -0.4 is 0 Å². The molecule has 1 aromatic rings. The van der Waals surface area contributed by atoms with Crippen LogP contribution in [0.3, 0.4) is 0 Å². The van der Waals surface area contributed by atoms with Crippen LogP contribution in [-0.4, -0.2) is 41.4 Å². The Morgan fingerprint density at radius 3 is 2.65 bits per heavy atom. The summed E-state index contributed by atoms with van der Waals surface area (Å²) in [5.41, 5.74) is 0. The summed E-state index contributed by atoms with van der Waals surface area (Å²) >= 11 is 0. The van der Waals surface area contributed by atoms with E-state index in [1.54, 1.807) is 6.26 Å². The Bertz CT molecular complexity index is 418. The first-order valence-corrected chi connectivity index (χ1v) is 7.87. The molecule has 3 rings (SSSR count). The summed E-state index contributed by atoms with van der Waals surface area (Å²) in [6.07, 6.45) is 9.04. The lowest BCUT2D eigenvalue weighted by atomic mass is 10.2. The maximum Gasteiger partial charge on any atom is 0.236 e. The molecule has 0 bridgehead atoms. The Balaban J connectivity index is 1.63. The van der Waals surface area contributed by atoms with Crippen molar-refractivity contribution in [2.75, 3.05) is 19.6 Å². The van der Waals surface area contributed by atoms with Crippen molar-refractivity contribution >= 4 is 5.91 Å². The lowest BCUT2D eigenvalue weighted by Gasteiger charge is -2.29. The fourth-order valence-electron chi connectivity index (χ4n) is 3.43. The van der Waals surface area contributed by atoms with Crippen LogP contribution in [0.4, 0.5) is 0 Å². The number of likely N-dealkylation sites (tertiary alicyclic amines) is 1. The third-order valence-electron chi connectivity index (χ3n) is 4.58. The molecule has 4 heteroatoms. The Labute approximate surface area is 120 Å². The Morgan fingerprint density at radius 2 is 2.00 bits per heavy atom. The van der Waals surface area contributed by atoms with Crippen LogP contribution in [0.2, 0.25) is 0 Å². The van der Waals surface area contributed by atoms with E-state index in [9.17, 15) is 4.79 Å². The van der Waals surface area contributed by atoms with Crippen molar-refractivity contribution < 1.29 is 9.21 Å². The van der Waals surface area contributed by atoms with Crippen molar-refractivity contribution in [2.45, 2.75) is 51.1 Å². The molecule has 0 unspecified atom stereocenters. The van der Waals surface area contributed by atoms with Gasteiger partial charge in [0.1, 0.15) is 5.76 Å². The summed E-state index contributed by atoms with van der Waals surface area (Å²) in [5, 5.41) is 0. The molecule has 1 saturated carbocycles. The minimum absolute atomic E-state index is 0.293. The highest BCUT2D eigenvalue weighted by molar-refractivity contribution is 5.78. The van der Waals surface area contributed by atoms with Gasteiger partial charge in [-0.25, -0.2) is 0 Å². The number of hydrogen-bond acceptors (Lipinski definition) is 3. The van der Waals surface area contributed by atoms with Crippen LogP contribution in [0.15, 0.2) is 22.8 Å². The predicted octanol–water partition coefficient (Wildman–Crippen LogP) is 2.65. The van der Waals surface area contributed by atoms with Crippen LogP contribution >= 0.6 is 0 Å². The highest BCUT2D eigenvalue weighted by Gasteiger charge is 2.27. The van der Waals surface area contributed by atoms with Crippen molar-refractivity contribution in [2.24, 2.45) is 0 Å². The average Bonchev–Trinajstić information content (AvgIpc) is 3.20. The molecular weight excluding hydrogens is 252 g/mol. The van der Waals surface area contributed by atoms with Gasteiger partial charge in [0, 0.05) is 19.1 Å². The minimum atomic E-state index is 0.293. The molecule has 1 aliphatic heterocycles. The van der Waals surface area contributed by atoms with Gasteiger partial charge in [-0.1, -0.05) is 12.8 Å². The third-order valence-corrected chi connectivity index (χ3v) is 4.58. The Kier molecular flexibility index (Phi) is 4.41. The number of carbonyl (C=O) groups is 1. The number of amides is 1. The molecule has 110 valence electrons. The minimum Gasteiger partial charge on any atom is -0.468 e. The van der Waals surface area contributed by atoms with E-state index in [0.717, 1.165) is 38.2 Å². The first-order chi connectivity index (χ1) is 9.83. The fraction of sp³-hybridized carbons (Fsp3) is 0.688. The average molecular weight is 276 g/mol. The molecule has 2 fully saturated rings. The molecule has 1 aromatic heterocycles. The molecule has 2 heterocycles. The predicted molar refractivity (Wildman–Crippen MR) is 77.2 cm³/mol. The molecule has 1 aliphatic carbocycles. The number of nitrogens with zero attached hydrogens (tertiary/aromatic N) is 2. The van der Waals surface area contributed by atoms with Gasteiger partial charge in [0.25, 0.3) is 0 Å². The van der Waals surface area contributed by atoms with Crippen LogP contribution in [0.25, 0.3) is 0 Å². The zero-order valence-corrected chi connectivity index (χ0v) is 12.1. The number of carbonyl (C=O) groups excluding carboxylic acids is 1. The van der Waals surface area contributed by atoms with E-state index in [1.165, 1.54) is 25.7 Å². The molecule has 4 nitrogen and oxygen atoms in total. The van der Waals surface area contributed by atoms with E-state index in [0.29, 0.717) is 18.5 Å². The van der Waals surface area contributed by atoms with E-state index < -0.39 is 0 Å². The van der Waals surface area contributed by atoms with Gasteiger partial charge in [0.05, 0.1) is 19.4 Å². The second-order valence-electron chi connectivity index (χ2n) is 6.01. The molecule has 0 atom stereocenters. The zero-order chi connectivity index (χ0) is 13.8. The lowest BCUT2D eigenvalue weighted by molar-refractivity contribution is -0.132. The highest BCUT2D eigenvalue weighted by Crippen LogP contribution is 2.25. The van der Waals surface area contributed by atoms with Gasteiger partial charge in [-0.05, 0) is 37.8 Å². The van der Waals surface area contributed by atoms with Gasteiger partial charge in [-0.3, -0.25) is 9.69 Å². The van der Waals surface area contributed by atoms with Crippen molar-refractivity contribution in [3.8, 4) is 0 Å². The zero-order valence-electron chi connectivity index (χ0n) is 12.1. The molecule has 1 saturated heterocycles. The maximum absolute atomic E-state index is 12.4. The molecule has 0 spiro atoms. The van der Waals surface area contributed by atoms with Crippen molar-refractivity contribution in [1.29, 1.82) is 0 Å². The molecule has 0 radical (unpaired) electrons. The van der Waals surface area contributed by atoms with Crippen LogP contribution in [0.5, 0.6) is 0 Å². The highest BCUT2D eigenvalue weighted by atomic mass is 16.3. The normalized spacial score (nSPS) is 20.1.